The summed E-state index contributed by atoms with van der Waals surface area (Å²) in [7, 11) is 0. The highest BCUT2D eigenvalue weighted by atomic mass is 16.5. The first-order valence-electron chi connectivity index (χ1n) is 10.7. The fourth-order valence-electron chi connectivity index (χ4n) is 4.51. The predicted molar refractivity (Wildman–Crippen MR) is 113 cm³/mol. The van der Waals surface area contributed by atoms with E-state index in [1.165, 1.54) is 19.3 Å². The monoisotopic (exact) mass is 406 g/mol. The van der Waals surface area contributed by atoms with Crippen LogP contribution in [0.2, 0.25) is 0 Å². The molecule has 2 aliphatic heterocycles. The number of piperidine rings is 1. The molecule has 1 N–H and O–H groups in total. The summed E-state index contributed by atoms with van der Waals surface area (Å²) < 4.78 is 11.4. The second-order valence-electron chi connectivity index (χ2n) is 8.18. The van der Waals surface area contributed by atoms with Gasteiger partial charge in [0.05, 0.1) is 35.0 Å². The van der Waals surface area contributed by atoms with Crippen molar-refractivity contribution in [1.82, 2.24) is 20.4 Å². The molecule has 2 unspecified atom stereocenters. The van der Waals surface area contributed by atoms with Crippen LogP contribution in [0.4, 0.5) is 0 Å². The van der Waals surface area contributed by atoms with Crippen molar-refractivity contribution in [2.45, 2.75) is 38.3 Å². The van der Waals surface area contributed by atoms with Gasteiger partial charge in [0.1, 0.15) is 0 Å². The van der Waals surface area contributed by atoms with Gasteiger partial charge in [-0.1, -0.05) is 41.9 Å². The molecule has 7 nitrogen and oxygen atoms in total. The number of aromatic nitrogens is 2. The highest BCUT2D eigenvalue weighted by molar-refractivity contribution is 6.07. The summed E-state index contributed by atoms with van der Waals surface area (Å²) in [5.41, 5.74) is 3.18. The van der Waals surface area contributed by atoms with E-state index in [0.29, 0.717) is 40.6 Å². The summed E-state index contributed by atoms with van der Waals surface area (Å²) in [5.74, 6) is -0.157. The lowest BCUT2D eigenvalue weighted by Crippen LogP contribution is -2.54. The molecule has 5 rings (SSSR count). The first kappa shape index (κ1) is 19.2. The number of rotatable bonds is 4. The Morgan fingerprint density at radius 2 is 2.13 bits per heavy atom. The number of nitrogens with zero attached hydrogens (tertiary/aromatic N) is 3. The molecule has 2 fully saturated rings. The third kappa shape index (κ3) is 3.70. The first-order chi connectivity index (χ1) is 14.7. The van der Waals surface area contributed by atoms with Crippen LogP contribution in [0.15, 0.2) is 40.9 Å². The third-order valence-electron chi connectivity index (χ3n) is 6.13. The smallest absolute Gasteiger partial charge is 0.259 e. The molecule has 2 aliphatic rings. The molecular weight excluding hydrogens is 380 g/mol. The maximum atomic E-state index is 13.1. The number of pyridine rings is 1. The van der Waals surface area contributed by atoms with Crippen molar-refractivity contribution in [2.24, 2.45) is 0 Å². The second kappa shape index (κ2) is 8.16. The molecule has 3 aromatic rings. The van der Waals surface area contributed by atoms with Crippen molar-refractivity contribution < 1.29 is 14.1 Å². The van der Waals surface area contributed by atoms with E-state index < -0.39 is 0 Å². The van der Waals surface area contributed by atoms with Gasteiger partial charge in [-0.25, -0.2) is 4.98 Å². The number of hydrogen-bond acceptors (Lipinski definition) is 6. The number of fused-ring (bicyclic) bond motifs is 2. The number of hydrogen-bond donors (Lipinski definition) is 1. The van der Waals surface area contributed by atoms with Gasteiger partial charge in [0.2, 0.25) is 0 Å². The van der Waals surface area contributed by atoms with Gasteiger partial charge in [-0.15, -0.1) is 0 Å². The number of morpholine rings is 1. The van der Waals surface area contributed by atoms with Gasteiger partial charge in [-0.05, 0) is 32.4 Å². The van der Waals surface area contributed by atoms with Crippen LogP contribution in [-0.2, 0) is 4.74 Å². The summed E-state index contributed by atoms with van der Waals surface area (Å²) in [6.45, 7) is 5.06. The number of carbonyl (C=O) groups excluding carboxylic acids is 1. The van der Waals surface area contributed by atoms with Crippen LogP contribution in [0.1, 0.15) is 35.3 Å². The molecule has 2 saturated heterocycles. The second-order valence-corrected chi connectivity index (χ2v) is 8.18. The fraction of sp³-hybridized carbons (Fsp3) is 0.435. The van der Waals surface area contributed by atoms with Gasteiger partial charge in [-0.3, -0.25) is 9.69 Å². The van der Waals surface area contributed by atoms with E-state index in [4.69, 9.17) is 9.26 Å². The van der Waals surface area contributed by atoms with E-state index in [1.54, 1.807) is 0 Å². The molecule has 1 aromatic carbocycles. The number of aryl methyl sites for hydroxylation is 1. The average molecular weight is 406 g/mol. The Balaban J connectivity index is 1.36. The van der Waals surface area contributed by atoms with E-state index >= 15 is 0 Å². The summed E-state index contributed by atoms with van der Waals surface area (Å²) in [4.78, 5) is 20.2. The highest BCUT2D eigenvalue weighted by Crippen LogP contribution is 2.27. The molecule has 30 heavy (non-hydrogen) atoms. The van der Waals surface area contributed by atoms with Crippen LogP contribution < -0.4 is 5.32 Å². The zero-order chi connectivity index (χ0) is 20.5. The molecule has 2 aromatic heterocycles. The van der Waals surface area contributed by atoms with Crippen LogP contribution in [0.5, 0.6) is 0 Å². The highest BCUT2D eigenvalue weighted by Gasteiger charge is 2.31. The van der Waals surface area contributed by atoms with E-state index in [9.17, 15) is 4.79 Å². The fourth-order valence-corrected chi connectivity index (χ4v) is 4.51. The zero-order valence-electron chi connectivity index (χ0n) is 17.1. The summed E-state index contributed by atoms with van der Waals surface area (Å²) in [5, 5.41) is 7.74. The molecule has 0 aliphatic carbocycles. The van der Waals surface area contributed by atoms with E-state index in [0.717, 1.165) is 25.3 Å². The predicted octanol–water partition coefficient (Wildman–Crippen LogP) is 3.18. The van der Waals surface area contributed by atoms with Crippen LogP contribution in [0, 0.1) is 6.92 Å². The SMILES string of the molecule is Cc1noc2nc(-c3ccccc3)cc(C(=O)NCC3CN4CCCCC4CO3)c12. The van der Waals surface area contributed by atoms with Crippen molar-refractivity contribution in [2.75, 3.05) is 26.2 Å². The summed E-state index contributed by atoms with van der Waals surface area (Å²) in [6, 6.07) is 12.1. The molecule has 0 bridgehead atoms. The number of amides is 1. The van der Waals surface area contributed by atoms with Gasteiger partial charge in [0.15, 0.2) is 0 Å². The average Bonchev–Trinajstić information content (AvgIpc) is 3.18. The maximum absolute atomic E-state index is 13.1. The Hall–Kier alpha value is -2.77. The molecule has 4 heterocycles. The van der Waals surface area contributed by atoms with Crippen LogP contribution in [0.3, 0.4) is 0 Å². The zero-order valence-corrected chi connectivity index (χ0v) is 17.1. The normalized spacial score (nSPS) is 22.0. The molecule has 7 heteroatoms. The van der Waals surface area contributed by atoms with Gasteiger partial charge < -0.3 is 14.6 Å². The first-order valence-corrected chi connectivity index (χ1v) is 10.7. The molecule has 0 radical (unpaired) electrons. The minimum absolute atomic E-state index is 0.0118. The molecule has 2 atom stereocenters. The lowest BCUT2D eigenvalue weighted by atomic mass is 10.0. The quantitative estimate of drug-likeness (QED) is 0.717. The van der Waals surface area contributed by atoms with Crippen LogP contribution >= 0.6 is 0 Å². The summed E-state index contributed by atoms with van der Waals surface area (Å²) >= 11 is 0. The van der Waals surface area contributed by atoms with Gasteiger partial charge in [-0.2, -0.15) is 0 Å². The molecular formula is C23H26N4O3. The minimum Gasteiger partial charge on any atom is -0.373 e. The van der Waals surface area contributed by atoms with E-state index in [1.807, 2.05) is 43.3 Å². The van der Waals surface area contributed by atoms with Gasteiger partial charge in [0.25, 0.3) is 11.6 Å². The van der Waals surface area contributed by atoms with Gasteiger partial charge in [0, 0.05) is 24.7 Å². The van der Waals surface area contributed by atoms with Crippen LogP contribution in [-0.4, -0.2) is 59.3 Å². The van der Waals surface area contributed by atoms with Crippen molar-refractivity contribution in [3.63, 3.8) is 0 Å². The maximum Gasteiger partial charge on any atom is 0.259 e. The number of ether oxygens (including phenoxy) is 1. The molecule has 0 spiro atoms. The van der Waals surface area contributed by atoms with Crippen molar-refractivity contribution in [3.05, 3.63) is 47.7 Å². The number of benzene rings is 1. The Morgan fingerprint density at radius 1 is 1.27 bits per heavy atom. The Bertz CT molecular complexity index is 1050. The molecule has 0 saturated carbocycles. The van der Waals surface area contributed by atoms with Gasteiger partial charge >= 0.3 is 0 Å². The van der Waals surface area contributed by atoms with Crippen molar-refractivity contribution >= 4 is 17.0 Å². The van der Waals surface area contributed by atoms with E-state index in [2.05, 4.69) is 20.4 Å². The summed E-state index contributed by atoms with van der Waals surface area (Å²) in [6.07, 6.45) is 3.76. The Kier molecular flexibility index (Phi) is 5.23. The largest absolute Gasteiger partial charge is 0.373 e. The molecule has 156 valence electrons. The lowest BCUT2D eigenvalue weighted by Gasteiger charge is -2.42. The van der Waals surface area contributed by atoms with Crippen molar-refractivity contribution in [3.8, 4) is 11.3 Å². The van der Waals surface area contributed by atoms with E-state index in [-0.39, 0.29) is 12.0 Å². The van der Waals surface area contributed by atoms with Crippen molar-refractivity contribution in [1.29, 1.82) is 0 Å². The number of carbonyl (C=O) groups is 1. The number of nitrogens with one attached hydrogen (secondary N) is 1. The minimum atomic E-state index is -0.157. The Labute approximate surface area is 175 Å². The topological polar surface area (TPSA) is 80.5 Å². The third-order valence-corrected chi connectivity index (χ3v) is 6.13. The molecule has 1 amide bonds. The van der Waals surface area contributed by atoms with Crippen LogP contribution in [0.25, 0.3) is 22.4 Å². The standard InChI is InChI=1S/C23H26N4O3/c1-15-21-19(11-20(25-23(21)30-26-15)16-7-3-2-4-8-16)22(28)24-12-18-13-27-10-6-5-9-17(27)14-29-18/h2-4,7-8,11,17-18H,5-6,9-10,12-14H2,1H3,(H,24,28). The Morgan fingerprint density at radius 3 is 3.00 bits per heavy atom. The lowest BCUT2D eigenvalue weighted by molar-refractivity contribution is -0.0725.